The minimum absolute atomic E-state index is 0.0697. The van der Waals surface area contributed by atoms with Crippen LogP contribution in [0.2, 0.25) is 0 Å². The van der Waals surface area contributed by atoms with Crippen LogP contribution in [0.25, 0.3) is 0 Å². The van der Waals surface area contributed by atoms with Gasteiger partial charge in [0.05, 0.1) is 19.3 Å². The highest BCUT2D eigenvalue weighted by molar-refractivity contribution is 5.69. The Bertz CT molecular complexity index is 693. The Kier molecular flexibility index (Phi) is 6.03. The predicted molar refractivity (Wildman–Crippen MR) is 116 cm³/mol. The van der Waals surface area contributed by atoms with E-state index in [0.29, 0.717) is 43.9 Å². The van der Waals surface area contributed by atoms with Crippen LogP contribution < -0.4 is 0 Å². The van der Waals surface area contributed by atoms with E-state index >= 15 is 0 Å². The van der Waals surface area contributed by atoms with E-state index in [1.165, 1.54) is 7.11 Å². The van der Waals surface area contributed by atoms with Gasteiger partial charge in [0, 0.05) is 19.3 Å². The molecule has 0 saturated heterocycles. The van der Waals surface area contributed by atoms with E-state index in [9.17, 15) is 25.2 Å². The number of ether oxygens (including phenoxy) is 1. The zero-order chi connectivity index (χ0) is 22.8. The molecule has 31 heavy (non-hydrogen) atoms. The van der Waals surface area contributed by atoms with Crippen LogP contribution in [0.4, 0.5) is 0 Å². The molecular weight excluding hydrogens is 396 g/mol. The summed E-state index contributed by atoms with van der Waals surface area (Å²) in [7, 11) is 1.42. The van der Waals surface area contributed by atoms with Crippen molar-refractivity contribution in [1.29, 1.82) is 0 Å². The van der Waals surface area contributed by atoms with Crippen LogP contribution in [-0.2, 0) is 9.53 Å². The Morgan fingerprint density at radius 1 is 1.10 bits per heavy atom. The van der Waals surface area contributed by atoms with E-state index < -0.39 is 18.0 Å². The second kappa shape index (κ2) is 7.96. The van der Waals surface area contributed by atoms with Crippen molar-refractivity contribution in [3.05, 3.63) is 0 Å². The van der Waals surface area contributed by atoms with Gasteiger partial charge in [-0.15, -0.1) is 0 Å². The number of hydrogen-bond donors (Lipinski definition) is 4. The molecule has 0 aliphatic heterocycles. The lowest BCUT2D eigenvalue weighted by atomic mass is 9.43. The Hall–Kier alpha value is -0.690. The summed E-state index contributed by atoms with van der Waals surface area (Å²) in [5.74, 6) is -0.500. The zero-order valence-corrected chi connectivity index (χ0v) is 19.6. The first kappa shape index (κ1) is 23.5. The van der Waals surface area contributed by atoms with Crippen LogP contribution >= 0.6 is 0 Å². The first-order valence-corrected chi connectivity index (χ1v) is 12.3. The van der Waals surface area contributed by atoms with E-state index in [-0.39, 0.29) is 40.5 Å². The van der Waals surface area contributed by atoms with Crippen LogP contribution in [0.3, 0.4) is 0 Å². The molecule has 4 rings (SSSR count). The van der Waals surface area contributed by atoms with Crippen molar-refractivity contribution in [2.24, 2.45) is 46.3 Å². The average molecular weight is 439 g/mol. The van der Waals surface area contributed by atoms with Crippen molar-refractivity contribution >= 4 is 5.97 Å². The molecule has 0 amide bonds. The molecule has 10 atom stereocenters. The fourth-order valence-corrected chi connectivity index (χ4v) is 8.77. The van der Waals surface area contributed by atoms with Gasteiger partial charge < -0.3 is 25.2 Å². The van der Waals surface area contributed by atoms with Crippen LogP contribution in [-0.4, -0.2) is 51.5 Å². The highest BCUT2D eigenvalue weighted by Crippen LogP contribution is 2.68. The smallest absolute Gasteiger partial charge is 0.305 e. The van der Waals surface area contributed by atoms with Gasteiger partial charge in [0.15, 0.2) is 5.79 Å². The maximum Gasteiger partial charge on any atom is 0.305 e. The van der Waals surface area contributed by atoms with Crippen molar-refractivity contribution in [3.63, 3.8) is 0 Å². The molecule has 4 aliphatic carbocycles. The van der Waals surface area contributed by atoms with Gasteiger partial charge in [-0.1, -0.05) is 20.8 Å². The highest BCUT2D eigenvalue weighted by Gasteiger charge is 2.66. The number of aliphatic hydroxyl groups excluding tert-OH is 2. The van der Waals surface area contributed by atoms with Gasteiger partial charge in [0.2, 0.25) is 0 Å². The topological polar surface area (TPSA) is 107 Å². The van der Waals surface area contributed by atoms with E-state index in [0.717, 1.165) is 25.7 Å². The van der Waals surface area contributed by atoms with Gasteiger partial charge >= 0.3 is 5.97 Å². The summed E-state index contributed by atoms with van der Waals surface area (Å²) in [5.41, 5.74) is -0.330. The summed E-state index contributed by atoms with van der Waals surface area (Å²) in [5, 5.41) is 43.3. The van der Waals surface area contributed by atoms with E-state index in [4.69, 9.17) is 4.74 Å². The maximum atomic E-state index is 11.7. The first-order chi connectivity index (χ1) is 14.4. The number of rotatable bonds is 4. The number of hydrogen-bond acceptors (Lipinski definition) is 6. The van der Waals surface area contributed by atoms with Crippen LogP contribution in [0.1, 0.15) is 78.6 Å². The van der Waals surface area contributed by atoms with Crippen LogP contribution in [0, 0.1) is 46.3 Å². The molecule has 0 aromatic carbocycles. The summed E-state index contributed by atoms with van der Waals surface area (Å²) < 4.78 is 4.82. The standard InChI is InChI=1S/C25H42O6/c1-14(5-8-21(28)31-4)16-6-7-17-22-18(12-20(27)24(16,17)3)23(2)9-10-25(29,30)13-15(23)11-19(22)26/h14-20,22,26-27,29-30H,5-13H2,1-4H3/t14-,15-,16-,17+,18+,19-,20+,22+,23+,24-/m1/s1. The second-order valence-corrected chi connectivity index (χ2v) is 11.9. The van der Waals surface area contributed by atoms with E-state index in [1.807, 2.05) is 0 Å². The lowest BCUT2D eigenvalue weighted by Crippen LogP contribution is -2.63. The number of carbonyl (C=O) groups excluding carboxylic acids is 1. The molecule has 4 saturated carbocycles. The molecule has 178 valence electrons. The Morgan fingerprint density at radius 3 is 2.48 bits per heavy atom. The maximum absolute atomic E-state index is 11.7. The molecule has 0 heterocycles. The largest absolute Gasteiger partial charge is 0.469 e. The quantitative estimate of drug-likeness (QED) is 0.397. The molecule has 0 aromatic heterocycles. The predicted octanol–water partition coefficient (Wildman–Crippen LogP) is 2.86. The third-order valence-corrected chi connectivity index (χ3v) is 10.6. The van der Waals surface area contributed by atoms with E-state index in [1.54, 1.807) is 0 Å². The lowest BCUT2D eigenvalue weighted by Gasteiger charge is -2.64. The lowest BCUT2D eigenvalue weighted by molar-refractivity contribution is -0.255. The van der Waals surface area contributed by atoms with Crippen LogP contribution in [0.5, 0.6) is 0 Å². The van der Waals surface area contributed by atoms with Crippen molar-refractivity contribution in [1.82, 2.24) is 0 Å². The SMILES string of the molecule is COC(=O)CC[C@@H](C)[C@H]1CC[C@H]2[C@@H]3[C@H](O)C[C@@H]4CC(O)(O)CC[C@]4(C)[C@H]3C[C@H](O)[C@]12C. The number of esters is 1. The molecule has 0 aromatic rings. The van der Waals surface area contributed by atoms with Gasteiger partial charge in [-0.05, 0) is 84.9 Å². The number of fused-ring (bicyclic) bond motifs is 5. The molecule has 0 bridgehead atoms. The molecular formula is C25H42O6. The van der Waals surface area contributed by atoms with Crippen LogP contribution in [0.15, 0.2) is 0 Å². The third-order valence-electron chi connectivity index (χ3n) is 10.6. The summed E-state index contributed by atoms with van der Waals surface area (Å²) in [6.07, 6.45) is 4.99. The highest BCUT2D eigenvalue weighted by atomic mass is 16.5. The van der Waals surface area contributed by atoms with E-state index in [2.05, 4.69) is 20.8 Å². The molecule has 6 nitrogen and oxygen atoms in total. The Balaban J connectivity index is 1.58. The fraction of sp³-hybridized carbons (Fsp3) is 0.960. The van der Waals surface area contributed by atoms with Gasteiger partial charge in [-0.25, -0.2) is 0 Å². The molecule has 4 N–H and O–H groups in total. The summed E-state index contributed by atoms with van der Waals surface area (Å²) in [6.45, 7) is 6.68. The van der Waals surface area contributed by atoms with Crippen molar-refractivity contribution in [3.8, 4) is 0 Å². The van der Waals surface area contributed by atoms with Gasteiger partial charge in [0.1, 0.15) is 0 Å². The second-order valence-electron chi connectivity index (χ2n) is 11.9. The Morgan fingerprint density at radius 2 is 1.81 bits per heavy atom. The fourth-order valence-electron chi connectivity index (χ4n) is 8.77. The molecule has 4 aliphatic rings. The van der Waals surface area contributed by atoms with Gasteiger partial charge in [-0.2, -0.15) is 0 Å². The molecule has 4 fully saturated rings. The zero-order valence-electron chi connectivity index (χ0n) is 19.6. The number of methoxy groups -OCH3 is 1. The minimum Gasteiger partial charge on any atom is -0.469 e. The summed E-state index contributed by atoms with van der Waals surface area (Å²) in [6, 6.07) is 0. The molecule has 6 heteroatoms. The number of carbonyl (C=O) groups is 1. The minimum atomic E-state index is -1.63. The Labute approximate surface area is 186 Å². The molecule has 0 spiro atoms. The third kappa shape index (κ3) is 3.66. The van der Waals surface area contributed by atoms with Crippen molar-refractivity contribution in [2.45, 2.75) is 96.6 Å². The monoisotopic (exact) mass is 438 g/mol. The molecule has 0 unspecified atom stereocenters. The normalized spacial score (nSPS) is 49.5. The average Bonchev–Trinajstić information content (AvgIpc) is 3.06. The van der Waals surface area contributed by atoms with Gasteiger partial charge in [0.25, 0.3) is 0 Å². The summed E-state index contributed by atoms with van der Waals surface area (Å²) in [4.78, 5) is 11.7. The first-order valence-electron chi connectivity index (χ1n) is 12.3. The summed E-state index contributed by atoms with van der Waals surface area (Å²) >= 11 is 0. The van der Waals surface area contributed by atoms with Gasteiger partial charge in [-0.3, -0.25) is 4.79 Å². The number of aliphatic hydroxyl groups is 4. The molecule has 0 radical (unpaired) electrons. The van der Waals surface area contributed by atoms with Crippen molar-refractivity contribution in [2.75, 3.05) is 7.11 Å². The van der Waals surface area contributed by atoms with Crippen molar-refractivity contribution < 1.29 is 30.0 Å².